The Kier molecular flexibility index (Phi) is 9.73. The van der Waals surface area contributed by atoms with Gasteiger partial charge >= 0.3 is 0 Å². The van der Waals surface area contributed by atoms with Gasteiger partial charge in [-0.3, -0.25) is 14.4 Å². The zero-order chi connectivity index (χ0) is 34.8. The van der Waals surface area contributed by atoms with Crippen molar-refractivity contribution in [2.75, 3.05) is 27.7 Å². The quantitative estimate of drug-likeness (QED) is 0.366. The standard InChI is InChI=1S/C36H41N5O7S/c1-40-19-13-5-4-10-16-25-23-36(25,35(44)39-49(45,46)27-17-11-7-12-18-27)41(2)34(43)29-21-26(20-28(29)33(40)42)48-31-22-30(47-3)37-32(38-31)24-14-8-6-9-15-24/h6-12,14-18,22,25-26,28-29H,4-5,13,19-21,23H2,1-3H3,(H,39,44)/b16-10-/t25-,26+,28-,29-,36-/m1/s1. The molecule has 3 aliphatic rings. The molecule has 49 heavy (non-hydrogen) atoms. The molecule has 13 heteroatoms. The first-order valence-electron chi connectivity index (χ1n) is 16.5. The van der Waals surface area contributed by atoms with Gasteiger partial charge in [-0.25, -0.2) is 13.1 Å². The van der Waals surface area contributed by atoms with Gasteiger partial charge in [0.2, 0.25) is 23.6 Å². The average molecular weight is 688 g/mol. The molecule has 0 radical (unpaired) electrons. The highest BCUT2D eigenvalue weighted by molar-refractivity contribution is 7.90. The van der Waals surface area contributed by atoms with E-state index in [0.29, 0.717) is 18.2 Å². The second-order valence-corrected chi connectivity index (χ2v) is 14.6. The van der Waals surface area contributed by atoms with E-state index >= 15 is 0 Å². The topological polar surface area (TPSA) is 148 Å². The van der Waals surface area contributed by atoms with Gasteiger partial charge in [-0.05, 0) is 50.7 Å². The minimum Gasteiger partial charge on any atom is -0.481 e. The summed E-state index contributed by atoms with van der Waals surface area (Å²) in [6, 6.07) is 18.6. The minimum absolute atomic E-state index is 0.0522. The first-order chi connectivity index (χ1) is 23.5. The van der Waals surface area contributed by atoms with Gasteiger partial charge in [0, 0.05) is 32.1 Å². The number of nitrogens with zero attached hydrogens (tertiary/aromatic N) is 4. The summed E-state index contributed by atoms with van der Waals surface area (Å²) in [6.45, 7) is 0.544. The van der Waals surface area contributed by atoms with Crippen LogP contribution in [-0.2, 0) is 24.4 Å². The number of sulfonamides is 1. The maximum atomic E-state index is 14.5. The number of likely N-dealkylation sites (N-methyl/N-ethyl adjacent to an activating group) is 1. The number of carbonyl (C=O) groups excluding carboxylic acids is 3. The molecule has 3 aromatic rings. The van der Waals surface area contributed by atoms with Crippen LogP contribution in [0.5, 0.6) is 11.8 Å². The third-order valence-corrected chi connectivity index (χ3v) is 11.2. The second-order valence-electron chi connectivity index (χ2n) is 12.9. The van der Waals surface area contributed by atoms with E-state index in [2.05, 4.69) is 14.7 Å². The lowest BCUT2D eigenvalue weighted by Crippen LogP contribution is -2.54. The maximum absolute atomic E-state index is 14.5. The van der Waals surface area contributed by atoms with E-state index in [1.54, 1.807) is 36.2 Å². The number of hydrogen-bond donors (Lipinski definition) is 1. The van der Waals surface area contributed by atoms with E-state index in [-0.39, 0.29) is 41.9 Å². The fraction of sp³-hybridized carbons (Fsp3) is 0.417. The van der Waals surface area contributed by atoms with Crippen molar-refractivity contribution in [2.45, 2.75) is 55.1 Å². The molecule has 2 aromatic carbocycles. The van der Waals surface area contributed by atoms with E-state index in [9.17, 15) is 22.8 Å². The summed E-state index contributed by atoms with van der Waals surface area (Å²) in [5.41, 5.74) is -0.659. The molecule has 2 heterocycles. The number of methoxy groups -OCH3 is 1. The molecular formula is C36H41N5O7S. The molecule has 5 atom stereocenters. The lowest BCUT2D eigenvalue weighted by molar-refractivity contribution is -0.148. The number of nitrogens with one attached hydrogen (secondary N) is 1. The Morgan fingerprint density at radius 3 is 2.27 bits per heavy atom. The molecule has 1 aromatic heterocycles. The van der Waals surface area contributed by atoms with Crippen LogP contribution < -0.4 is 14.2 Å². The molecule has 3 amide bonds. The Balaban J connectivity index is 1.29. The molecule has 0 bridgehead atoms. The van der Waals surface area contributed by atoms with Gasteiger partial charge < -0.3 is 19.3 Å². The van der Waals surface area contributed by atoms with Gasteiger partial charge in [-0.2, -0.15) is 9.97 Å². The van der Waals surface area contributed by atoms with Gasteiger partial charge in [-0.15, -0.1) is 0 Å². The Morgan fingerprint density at radius 2 is 1.57 bits per heavy atom. The Hall–Kier alpha value is -4.78. The van der Waals surface area contributed by atoms with Crippen LogP contribution in [0.3, 0.4) is 0 Å². The average Bonchev–Trinajstić information content (AvgIpc) is 3.71. The molecule has 0 saturated heterocycles. The van der Waals surface area contributed by atoms with Crippen molar-refractivity contribution in [3.05, 3.63) is 78.9 Å². The number of ether oxygens (including phenoxy) is 2. The number of hydrogen-bond acceptors (Lipinski definition) is 9. The summed E-state index contributed by atoms with van der Waals surface area (Å²) in [5.74, 6) is -2.32. The summed E-state index contributed by atoms with van der Waals surface area (Å²) in [6.07, 6.45) is 6.36. The Morgan fingerprint density at radius 1 is 0.918 bits per heavy atom. The third-order valence-electron chi connectivity index (χ3n) is 9.81. The smallest absolute Gasteiger partial charge is 0.264 e. The summed E-state index contributed by atoms with van der Waals surface area (Å²) in [4.78, 5) is 54.3. The predicted molar refractivity (Wildman–Crippen MR) is 181 cm³/mol. The van der Waals surface area contributed by atoms with Crippen LogP contribution in [0.2, 0.25) is 0 Å². The van der Waals surface area contributed by atoms with Crippen LogP contribution in [0.1, 0.15) is 38.5 Å². The van der Waals surface area contributed by atoms with E-state index in [1.807, 2.05) is 42.5 Å². The first-order valence-corrected chi connectivity index (χ1v) is 18.0. The number of allylic oxidation sites excluding steroid dienone is 1. The van der Waals surface area contributed by atoms with Crippen molar-refractivity contribution in [1.29, 1.82) is 0 Å². The van der Waals surface area contributed by atoms with Crippen LogP contribution in [0, 0.1) is 17.8 Å². The zero-order valence-corrected chi connectivity index (χ0v) is 28.6. The molecule has 6 rings (SSSR count). The molecular weight excluding hydrogens is 646 g/mol. The molecule has 2 saturated carbocycles. The first kappa shape index (κ1) is 34.1. The normalized spacial score (nSPS) is 26.6. The predicted octanol–water partition coefficient (Wildman–Crippen LogP) is 3.85. The monoisotopic (exact) mass is 687 g/mol. The molecule has 0 spiro atoms. The third kappa shape index (κ3) is 7.03. The molecule has 0 unspecified atom stereocenters. The SMILES string of the molecule is COc1cc(O[C@H]2C[C@H]3C(=O)N(C)CCCC/C=C\[C@@H]4C[C@@]4(C(=O)NS(=O)(=O)c4ccccc4)N(C)C(=O)[C@@H]3C2)nc(-c2ccccc2)n1. The molecule has 2 fully saturated rings. The van der Waals surface area contributed by atoms with Gasteiger partial charge in [0.1, 0.15) is 11.6 Å². The number of amides is 3. The fourth-order valence-corrected chi connectivity index (χ4v) is 8.03. The van der Waals surface area contributed by atoms with Crippen molar-refractivity contribution in [3.8, 4) is 23.1 Å². The minimum atomic E-state index is -4.19. The van der Waals surface area contributed by atoms with Crippen LogP contribution in [0.15, 0.2) is 83.8 Å². The number of carbonyl (C=O) groups is 3. The van der Waals surface area contributed by atoms with E-state index < -0.39 is 45.3 Å². The van der Waals surface area contributed by atoms with Gasteiger partial charge in [0.25, 0.3) is 15.9 Å². The van der Waals surface area contributed by atoms with E-state index in [1.165, 1.54) is 31.2 Å². The largest absolute Gasteiger partial charge is 0.481 e. The highest BCUT2D eigenvalue weighted by atomic mass is 32.2. The lowest BCUT2D eigenvalue weighted by atomic mass is 9.92. The van der Waals surface area contributed by atoms with Crippen molar-refractivity contribution in [3.63, 3.8) is 0 Å². The van der Waals surface area contributed by atoms with Crippen molar-refractivity contribution < 1.29 is 32.3 Å². The molecule has 1 N–H and O–H groups in total. The summed E-state index contributed by atoms with van der Waals surface area (Å²) in [7, 11) is 0.573. The van der Waals surface area contributed by atoms with Gasteiger partial charge in [0.05, 0.1) is 29.9 Å². The van der Waals surface area contributed by atoms with E-state index in [0.717, 1.165) is 24.8 Å². The molecule has 1 aliphatic heterocycles. The van der Waals surface area contributed by atoms with Crippen LogP contribution >= 0.6 is 0 Å². The van der Waals surface area contributed by atoms with Gasteiger partial charge in [-0.1, -0.05) is 60.7 Å². The van der Waals surface area contributed by atoms with Crippen molar-refractivity contribution in [2.24, 2.45) is 17.8 Å². The second kappa shape index (κ2) is 14.0. The fourth-order valence-electron chi connectivity index (χ4n) is 6.97. The van der Waals surface area contributed by atoms with Crippen LogP contribution in [0.4, 0.5) is 0 Å². The Labute approximate surface area is 286 Å². The van der Waals surface area contributed by atoms with Crippen molar-refractivity contribution in [1.82, 2.24) is 24.5 Å². The molecule has 12 nitrogen and oxygen atoms in total. The highest BCUT2D eigenvalue weighted by Gasteiger charge is 2.65. The zero-order valence-electron chi connectivity index (χ0n) is 27.8. The van der Waals surface area contributed by atoms with Gasteiger partial charge in [0.15, 0.2) is 5.82 Å². The van der Waals surface area contributed by atoms with E-state index in [4.69, 9.17) is 9.47 Å². The number of fused-ring (bicyclic) bond motifs is 2. The lowest BCUT2D eigenvalue weighted by Gasteiger charge is -2.32. The maximum Gasteiger partial charge on any atom is 0.264 e. The van der Waals surface area contributed by atoms with Crippen molar-refractivity contribution >= 4 is 27.7 Å². The summed E-state index contributed by atoms with van der Waals surface area (Å²) >= 11 is 0. The van der Waals surface area contributed by atoms with Crippen LogP contribution in [0.25, 0.3) is 11.4 Å². The van der Waals surface area contributed by atoms with Crippen LogP contribution in [-0.4, -0.2) is 85.3 Å². The number of aromatic nitrogens is 2. The molecule has 2 aliphatic carbocycles. The summed E-state index contributed by atoms with van der Waals surface area (Å²) in [5, 5.41) is 0. The number of rotatable bonds is 7. The summed E-state index contributed by atoms with van der Waals surface area (Å²) < 4.78 is 40.4. The Bertz CT molecular complexity index is 1840. The molecule has 258 valence electrons. The number of benzene rings is 2. The highest BCUT2D eigenvalue weighted by Crippen LogP contribution is 2.51.